The molecule has 1 aromatic rings. The van der Waals surface area contributed by atoms with Crippen molar-refractivity contribution in [2.45, 2.75) is 57.7 Å². The highest BCUT2D eigenvalue weighted by Gasteiger charge is 2.35. The lowest BCUT2D eigenvalue weighted by Gasteiger charge is -2.30. The third-order valence-electron chi connectivity index (χ3n) is 5.80. The molecule has 0 atom stereocenters. The average Bonchev–Trinajstić information content (AvgIpc) is 3.26. The number of imidazole rings is 1. The fraction of sp³-hybridized carbons (Fsp3) is 0.684. The molecule has 0 saturated carbocycles. The van der Waals surface area contributed by atoms with Gasteiger partial charge in [-0.05, 0) is 38.8 Å². The van der Waals surface area contributed by atoms with E-state index in [0.29, 0.717) is 31.9 Å². The van der Waals surface area contributed by atoms with Gasteiger partial charge in [-0.3, -0.25) is 9.59 Å². The first-order valence-electron chi connectivity index (χ1n) is 10.1. The molecule has 28 heavy (non-hydrogen) atoms. The van der Waals surface area contributed by atoms with Crippen LogP contribution in [0.25, 0.3) is 0 Å². The normalized spacial score (nSPS) is 20.6. The standard InChI is InChI=1S/C19H27N5O4/c25-17-3-1-2-9-22(17)10-6-18(26)28-13-16-21-11-15-12-23(19(27)24(15)16)14-4-7-20-8-5-14/h11,14,20H,1-10,12-13H2. The minimum absolute atomic E-state index is 0.0292. The zero-order chi connectivity index (χ0) is 19.5. The lowest BCUT2D eigenvalue weighted by Crippen LogP contribution is -2.44. The van der Waals surface area contributed by atoms with Gasteiger partial charge in [-0.25, -0.2) is 14.3 Å². The molecular formula is C19H27N5O4. The maximum atomic E-state index is 12.8. The van der Waals surface area contributed by atoms with E-state index in [-0.39, 0.29) is 37.0 Å². The van der Waals surface area contributed by atoms with E-state index < -0.39 is 0 Å². The van der Waals surface area contributed by atoms with Crippen molar-refractivity contribution in [2.75, 3.05) is 26.2 Å². The monoisotopic (exact) mass is 389 g/mol. The fourth-order valence-corrected chi connectivity index (χ4v) is 4.19. The van der Waals surface area contributed by atoms with Crippen LogP contribution < -0.4 is 5.32 Å². The van der Waals surface area contributed by atoms with Crippen LogP contribution in [0.1, 0.15) is 50.0 Å². The first kappa shape index (κ1) is 18.9. The number of ether oxygens (including phenoxy) is 1. The SMILES string of the molecule is O=C(CCN1CCCCC1=O)OCc1ncc2n1C(=O)N(C1CCNCC1)C2. The highest BCUT2D eigenvalue weighted by Crippen LogP contribution is 2.24. The largest absolute Gasteiger partial charge is 0.457 e. The van der Waals surface area contributed by atoms with Gasteiger partial charge in [-0.15, -0.1) is 0 Å². The Morgan fingerprint density at radius 3 is 2.86 bits per heavy atom. The van der Waals surface area contributed by atoms with Crippen LogP contribution in [0.4, 0.5) is 4.79 Å². The number of likely N-dealkylation sites (tertiary alicyclic amines) is 1. The topological polar surface area (TPSA) is 96.8 Å². The highest BCUT2D eigenvalue weighted by atomic mass is 16.5. The minimum Gasteiger partial charge on any atom is -0.457 e. The number of hydrogen-bond donors (Lipinski definition) is 1. The molecule has 9 heteroatoms. The summed E-state index contributed by atoms with van der Waals surface area (Å²) in [6, 6.07) is 0.162. The average molecular weight is 389 g/mol. The lowest BCUT2D eigenvalue weighted by molar-refractivity contribution is -0.146. The van der Waals surface area contributed by atoms with Crippen LogP contribution in [0.15, 0.2) is 6.20 Å². The second-order valence-electron chi connectivity index (χ2n) is 7.64. The summed E-state index contributed by atoms with van der Waals surface area (Å²) in [5, 5.41) is 3.31. The van der Waals surface area contributed by atoms with Gasteiger partial charge in [-0.2, -0.15) is 0 Å². The van der Waals surface area contributed by atoms with Crippen molar-refractivity contribution in [2.24, 2.45) is 0 Å². The van der Waals surface area contributed by atoms with Gasteiger partial charge in [0.25, 0.3) is 0 Å². The second-order valence-corrected chi connectivity index (χ2v) is 7.64. The number of nitrogens with one attached hydrogen (secondary N) is 1. The smallest absolute Gasteiger partial charge is 0.330 e. The van der Waals surface area contributed by atoms with Gasteiger partial charge >= 0.3 is 12.0 Å². The summed E-state index contributed by atoms with van der Waals surface area (Å²) in [7, 11) is 0. The third kappa shape index (κ3) is 3.89. The Morgan fingerprint density at radius 2 is 2.07 bits per heavy atom. The molecule has 0 unspecified atom stereocenters. The number of esters is 1. The molecule has 4 rings (SSSR count). The number of rotatable bonds is 6. The molecule has 2 fully saturated rings. The number of aromatic nitrogens is 2. The van der Waals surface area contributed by atoms with E-state index in [2.05, 4.69) is 10.3 Å². The van der Waals surface area contributed by atoms with Crippen LogP contribution in [-0.4, -0.2) is 69.5 Å². The van der Waals surface area contributed by atoms with Crippen LogP contribution in [-0.2, 0) is 27.5 Å². The summed E-state index contributed by atoms with van der Waals surface area (Å²) in [6.07, 6.45) is 6.21. The summed E-state index contributed by atoms with van der Waals surface area (Å²) in [5.74, 6) is 0.184. The van der Waals surface area contributed by atoms with E-state index in [0.717, 1.165) is 44.5 Å². The van der Waals surface area contributed by atoms with Gasteiger partial charge < -0.3 is 19.9 Å². The van der Waals surface area contributed by atoms with E-state index in [1.165, 1.54) is 0 Å². The lowest BCUT2D eigenvalue weighted by atomic mass is 10.1. The molecule has 2 amide bonds. The van der Waals surface area contributed by atoms with Crippen molar-refractivity contribution < 1.29 is 19.1 Å². The molecule has 3 aliphatic rings. The number of piperidine rings is 2. The van der Waals surface area contributed by atoms with E-state index in [1.807, 2.05) is 4.90 Å². The number of carbonyl (C=O) groups excluding carboxylic acids is 3. The molecule has 0 spiro atoms. The van der Waals surface area contributed by atoms with Crippen molar-refractivity contribution in [3.05, 3.63) is 17.7 Å². The Labute approximate surface area is 164 Å². The summed E-state index contributed by atoms with van der Waals surface area (Å²) in [4.78, 5) is 44.6. The predicted molar refractivity (Wildman–Crippen MR) is 99.3 cm³/mol. The Hall–Kier alpha value is -2.42. The molecule has 1 aromatic heterocycles. The molecule has 9 nitrogen and oxygen atoms in total. The Bertz CT molecular complexity index is 756. The Kier molecular flexibility index (Phi) is 5.61. The van der Waals surface area contributed by atoms with Crippen molar-refractivity contribution in [1.82, 2.24) is 24.7 Å². The summed E-state index contributed by atoms with van der Waals surface area (Å²) in [5.41, 5.74) is 0.841. The number of nitrogens with zero attached hydrogens (tertiary/aromatic N) is 4. The molecule has 4 heterocycles. The van der Waals surface area contributed by atoms with Crippen molar-refractivity contribution in [3.63, 3.8) is 0 Å². The molecule has 152 valence electrons. The van der Waals surface area contributed by atoms with Gasteiger partial charge in [0, 0.05) is 25.6 Å². The second kappa shape index (κ2) is 8.30. The molecule has 0 radical (unpaired) electrons. The van der Waals surface area contributed by atoms with Crippen LogP contribution in [0, 0.1) is 0 Å². The van der Waals surface area contributed by atoms with E-state index in [1.54, 1.807) is 15.7 Å². The van der Waals surface area contributed by atoms with Crippen molar-refractivity contribution in [3.8, 4) is 0 Å². The molecule has 0 bridgehead atoms. The number of fused-ring (bicyclic) bond motifs is 1. The van der Waals surface area contributed by atoms with Crippen LogP contribution in [0.2, 0.25) is 0 Å². The van der Waals surface area contributed by atoms with Crippen molar-refractivity contribution >= 4 is 17.9 Å². The number of amides is 2. The highest BCUT2D eigenvalue weighted by molar-refractivity contribution is 5.81. The van der Waals surface area contributed by atoms with Crippen molar-refractivity contribution in [1.29, 1.82) is 0 Å². The van der Waals surface area contributed by atoms with E-state index >= 15 is 0 Å². The molecule has 3 aliphatic heterocycles. The first-order valence-corrected chi connectivity index (χ1v) is 10.1. The molecular weight excluding hydrogens is 362 g/mol. The summed E-state index contributed by atoms with van der Waals surface area (Å²) < 4.78 is 6.90. The molecule has 2 saturated heterocycles. The zero-order valence-corrected chi connectivity index (χ0v) is 16.1. The van der Waals surface area contributed by atoms with Gasteiger partial charge in [0.15, 0.2) is 5.82 Å². The summed E-state index contributed by atoms with van der Waals surface area (Å²) >= 11 is 0. The van der Waals surface area contributed by atoms with E-state index in [4.69, 9.17) is 4.74 Å². The number of carbonyl (C=O) groups is 3. The number of hydrogen-bond acceptors (Lipinski definition) is 6. The quantitative estimate of drug-likeness (QED) is 0.725. The van der Waals surface area contributed by atoms with Crippen LogP contribution in [0.3, 0.4) is 0 Å². The van der Waals surface area contributed by atoms with E-state index in [9.17, 15) is 14.4 Å². The van der Waals surface area contributed by atoms with Gasteiger partial charge in [0.1, 0.15) is 6.61 Å². The maximum Gasteiger partial charge on any atom is 0.330 e. The van der Waals surface area contributed by atoms with Gasteiger partial charge in [0.2, 0.25) is 5.91 Å². The molecule has 1 N–H and O–H groups in total. The van der Waals surface area contributed by atoms with Gasteiger partial charge in [0.05, 0.1) is 24.9 Å². The fourth-order valence-electron chi connectivity index (χ4n) is 4.19. The van der Waals surface area contributed by atoms with Crippen LogP contribution in [0.5, 0.6) is 0 Å². The van der Waals surface area contributed by atoms with Gasteiger partial charge in [-0.1, -0.05) is 0 Å². The zero-order valence-electron chi connectivity index (χ0n) is 16.1. The Balaban J connectivity index is 1.29. The Morgan fingerprint density at radius 1 is 1.25 bits per heavy atom. The molecule has 0 aromatic carbocycles. The van der Waals surface area contributed by atoms with Crippen LogP contribution >= 0.6 is 0 Å². The molecule has 0 aliphatic carbocycles. The minimum atomic E-state index is -0.378. The third-order valence-corrected chi connectivity index (χ3v) is 5.80. The maximum absolute atomic E-state index is 12.8. The summed E-state index contributed by atoms with van der Waals surface area (Å²) in [6.45, 7) is 3.47. The predicted octanol–water partition coefficient (Wildman–Crippen LogP) is 0.865. The first-order chi connectivity index (χ1) is 13.6.